The first-order valence-corrected chi connectivity index (χ1v) is 6.66. The predicted molar refractivity (Wildman–Crippen MR) is 67.1 cm³/mol. The lowest BCUT2D eigenvalue weighted by Crippen LogP contribution is -2.44. The van der Waals surface area contributed by atoms with Gasteiger partial charge in [0.25, 0.3) is 0 Å². The van der Waals surface area contributed by atoms with Crippen molar-refractivity contribution < 1.29 is 19.1 Å². The van der Waals surface area contributed by atoms with E-state index >= 15 is 0 Å². The van der Waals surface area contributed by atoms with Crippen molar-refractivity contribution in [1.29, 1.82) is 0 Å². The van der Waals surface area contributed by atoms with Gasteiger partial charge in [0.2, 0.25) is 11.8 Å². The second kappa shape index (κ2) is 5.69. The molecule has 0 aromatic rings. The lowest BCUT2D eigenvalue weighted by atomic mass is 9.96. The van der Waals surface area contributed by atoms with Crippen LogP contribution in [0, 0.1) is 5.92 Å². The SMILES string of the molecule is CN1CCC(OC(=O)C2CC(=O)N(C)C(=O)C2)CC1. The minimum absolute atomic E-state index is 0.0754. The van der Waals surface area contributed by atoms with Crippen LogP contribution in [0.15, 0.2) is 0 Å². The first kappa shape index (κ1) is 14.0. The molecule has 2 amide bonds. The highest BCUT2D eigenvalue weighted by molar-refractivity contribution is 6.01. The Labute approximate surface area is 112 Å². The number of likely N-dealkylation sites (tertiary alicyclic amines) is 2. The summed E-state index contributed by atoms with van der Waals surface area (Å²) in [4.78, 5) is 38.3. The van der Waals surface area contributed by atoms with E-state index in [9.17, 15) is 14.4 Å². The second-order valence-electron chi connectivity index (χ2n) is 5.39. The van der Waals surface area contributed by atoms with Crippen molar-refractivity contribution >= 4 is 17.8 Å². The van der Waals surface area contributed by atoms with E-state index in [2.05, 4.69) is 4.90 Å². The van der Waals surface area contributed by atoms with Crippen LogP contribution in [0.25, 0.3) is 0 Å². The van der Waals surface area contributed by atoms with Crippen LogP contribution in [-0.4, -0.2) is 60.9 Å². The minimum Gasteiger partial charge on any atom is -0.462 e. The summed E-state index contributed by atoms with van der Waals surface area (Å²) >= 11 is 0. The maximum atomic E-state index is 12.0. The molecule has 0 saturated carbocycles. The van der Waals surface area contributed by atoms with Crippen molar-refractivity contribution in [2.45, 2.75) is 31.8 Å². The molecule has 0 spiro atoms. The summed E-state index contributed by atoms with van der Waals surface area (Å²) in [6.07, 6.45) is 1.71. The molecule has 6 heteroatoms. The number of rotatable bonds is 2. The van der Waals surface area contributed by atoms with Gasteiger partial charge in [0.1, 0.15) is 6.10 Å². The van der Waals surface area contributed by atoms with E-state index in [0.717, 1.165) is 30.8 Å². The molecule has 0 aromatic heterocycles. The molecule has 0 atom stereocenters. The zero-order valence-electron chi connectivity index (χ0n) is 11.4. The fraction of sp³-hybridized carbons (Fsp3) is 0.769. The molecule has 6 nitrogen and oxygen atoms in total. The minimum atomic E-state index is -0.601. The monoisotopic (exact) mass is 268 g/mol. The quantitative estimate of drug-likeness (QED) is 0.522. The summed E-state index contributed by atoms with van der Waals surface area (Å²) in [7, 11) is 3.48. The molecule has 0 bridgehead atoms. The molecule has 19 heavy (non-hydrogen) atoms. The van der Waals surface area contributed by atoms with Gasteiger partial charge < -0.3 is 9.64 Å². The first-order chi connectivity index (χ1) is 8.97. The van der Waals surface area contributed by atoms with Crippen molar-refractivity contribution in [3.8, 4) is 0 Å². The van der Waals surface area contributed by atoms with Gasteiger partial charge in [-0.3, -0.25) is 19.3 Å². The Hall–Kier alpha value is -1.43. The molecule has 106 valence electrons. The number of carbonyl (C=O) groups excluding carboxylic acids is 3. The van der Waals surface area contributed by atoms with Crippen LogP contribution in [0.3, 0.4) is 0 Å². The zero-order valence-corrected chi connectivity index (χ0v) is 11.4. The van der Waals surface area contributed by atoms with Gasteiger partial charge in [0.05, 0.1) is 5.92 Å². The average molecular weight is 268 g/mol. The number of carbonyl (C=O) groups is 3. The van der Waals surface area contributed by atoms with Gasteiger partial charge in [0, 0.05) is 33.0 Å². The third-order valence-electron chi connectivity index (χ3n) is 3.87. The Morgan fingerprint density at radius 1 is 1.11 bits per heavy atom. The third kappa shape index (κ3) is 3.32. The summed E-state index contributed by atoms with van der Waals surface area (Å²) in [6.45, 7) is 1.81. The van der Waals surface area contributed by atoms with Crippen molar-refractivity contribution in [3.63, 3.8) is 0 Å². The van der Waals surface area contributed by atoms with Crippen molar-refractivity contribution in [2.75, 3.05) is 27.2 Å². The van der Waals surface area contributed by atoms with E-state index in [4.69, 9.17) is 4.74 Å². The maximum Gasteiger partial charge on any atom is 0.310 e. The standard InChI is InChI=1S/C13H20N2O4/c1-14-5-3-10(4-6-14)19-13(18)9-7-11(16)15(2)12(17)8-9/h9-10H,3-8H2,1-2H3. The predicted octanol–water partition coefficient (Wildman–Crippen LogP) is 0.0188. The van der Waals surface area contributed by atoms with Crippen LogP contribution in [0.1, 0.15) is 25.7 Å². The number of nitrogens with zero attached hydrogens (tertiary/aromatic N) is 2. The topological polar surface area (TPSA) is 66.9 Å². The summed E-state index contributed by atoms with van der Waals surface area (Å²) < 4.78 is 5.42. The molecule has 2 saturated heterocycles. The highest BCUT2D eigenvalue weighted by Gasteiger charge is 2.36. The van der Waals surface area contributed by atoms with Crippen molar-refractivity contribution in [1.82, 2.24) is 9.80 Å². The van der Waals surface area contributed by atoms with Gasteiger partial charge in [-0.25, -0.2) is 0 Å². The van der Waals surface area contributed by atoms with E-state index in [0.29, 0.717) is 0 Å². The molecule has 2 aliphatic rings. The number of piperidine rings is 2. The van der Waals surface area contributed by atoms with Crippen LogP contribution < -0.4 is 0 Å². The molecule has 0 unspecified atom stereocenters. The molecule has 2 fully saturated rings. The van der Waals surface area contributed by atoms with Gasteiger partial charge in [0.15, 0.2) is 0 Å². The Morgan fingerprint density at radius 3 is 2.16 bits per heavy atom. The molecule has 2 aliphatic heterocycles. The Morgan fingerprint density at radius 2 is 1.63 bits per heavy atom. The summed E-state index contributed by atoms with van der Waals surface area (Å²) in [5.41, 5.74) is 0. The summed E-state index contributed by atoms with van der Waals surface area (Å²) in [5.74, 6) is -1.61. The lowest BCUT2D eigenvalue weighted by molar-refractivity contribution is -0.164. The van der Waals surface area contributed by atoms with Crippen LogP contribution in [0.2, 0.25) is 0 Å². The largest absolute Gasteiger partial charge is 0.462 e. The number of ether oxygens (including phenoxy) is 1. The van der Waals surface area contributed by atoms with E-state index < -0.39 is 11.9 Å². The van der Waals surface area contributed by atoms with Crippen LogP contribution >= 0.6 is 0 Å². The zero-order chi connectivity index (χ0) is 14.0. The smallest absolute Gasteiger partial charge is 0.310 e. The third-order valence-corrected chi connectivity index (χ3v) is 3.87. The average Bonchev–Trinajstić information content (AvgIpc) is 2.38. The van der Waals surface area contributed by atoms with Gasteiger partial charge in [-0.2, -0.15) is 0 Å². The molecular weight excluding hydrogens is 248 g/mol. The molecule has 0 N–H and O–H groups in total. The van der Waals surface area contributed by atoms with Crippen molar-refractivity contribution in [2.24, 2.45) is 5.92 Å². The fourth-order valence-electron chi connectivity index (χ4n) is 2.44. The van der Waals surface area contributed by atoms with E-state index in [1.165, 1.54) is 7.05 Å². The molecule has 2 rings (SSSR count). The van der Waals surface area contributed by atoms with Gasteiger partial charge in [-0.1, -0.05) is 0 Å². The normalized spacial score (nSPS) is 23.8. The van der Waals surface area contributed by atoms with Gasteiger partial charge >= 0.3 is 5.97 Å². The lowest BCUT2D eigenvalue weighted by Gasteiger charge is -2.31. The summed E-state index contributed by atoms with van der Waals surface area (Å²) in [5, 5.41) is 0. The highest BCUT2D eigenvalue weighted by atomic mass is 16.5. The molecular formula is C13H20N2O4. The number of hydrogen-bond donors (Lipinski definition) is 0. The molecule has 0 radical (unpaired) electrons. The number of esters is 1. The summed E-state index contributed by atoms with van der Waals surface area (Å²) in [6, 6.07) is 0. The molecule has 0 aromatic carbocycles. The van der Waals surface area contributed by atoms with Gasteiger partial charge in [-0.15, -0.1) is 0 Å². The number of imide groups is 1. The van der Waals surface area contributed by atoms with E-state index in [-0.39, 0.29) is 30.8 Å². The second-order valence-corrected chi connectivity index (χ2v) is 5.39. The number of hydrogen-bond acceptors (Lipinski definition) is 5. The maximum absolute atomic E-state index is 12.0. The van der Waals surface area contributed by atoms with E-state index in [1.54, 1.807) is 0 Å². The Bertz CT molecular complexity index is 370. The van der Waals surface area contributed by atoms with Crippen LogP contribution in [0.4, 0.5) is 0 Å². The highest BCUT2D eigenvalue weighted by Crippen LogP contribution is 2.22. The van der Waals surface area contributed by atoms with Gasteiger partial charge in [-0.05, 0) is 19.9 Å². The van der Waals surface area contributed by atoms with E-state index in [1.807, 2.05) is 7.05 Å². The first-order valence-electron chi connectivity index (χ1n) is 6.66. The number of amides is 2. The Balaban J connectivity index is 1.86. The molecule has 2 heterocycles. The van der Waals surface area contributed by atoms with Crippen LogP contribution in [-0.2, 0) is 19.1 Å². The van der Waals surface area contributed by atoms with Crippen molar-refractivity contribution in [3.05, 3.63) is 0 Å². The Kier molecular flexibility index (Phi) is 4.19. The molecule has 0 aliphatic carbocycles. The van der Waals surface area contributed by atoms with Crippen LogP contribution in [0.5, 0.6) is 0 Å². The fourth-order valence-corrected chi connectivity index (χ4v) is 2.44.